The van der Waals surface area contributed by atoms with Crippen molar-refractivity contribution < 1.29 is 84.3 Å². The minimum Gasteiger partial charge on any atom is -0.508 e. The molecule has 8 amide bonds. The zero-order valence-corrected chi connectivity index (χ0v) is 43.2. The number of phenols is 1. The number of fused-ring (bicyclic) bond motifs is 2. The van der Waals surface area contributed by atoms with Gasteiger partial charge in [-0.15, -0.1) is 0 Å². The maximum atomic E-state index is 14.7. The van der Waals surface area contributed by atoms with E-state index < -0.39 is 170 Å². The van der Waals surface area contributed by atoms with Crippen LogP contribution in [0.2, 0.25) is 0 Å². The van der Waals surface area contributed by atoms with Crippen LogP contribution in [0.3, 0.4) is 0 Å². The summed E-state index contributed by atoms with van der Waals surface area (Å²) in [5.41, 5.74) is 2.84. The Morgan fingerprint density at radius 2 is 1.31 bits per heavy atom. The summed E-state index contributed by atoms with van der Waals surface area (Å²) in [6.45, 7) is 4.68. The van der Waals surface area contributed by atoms with Crippen molar-refractivity contribution in [2.45, 2.75) is 209 Å². The first-order chi connectivity index (χ1) is 35.3. The van der Waals surface area contributed by atoms with Gasteiger partial charge in [-0.3, -0.25) is 38.4 Å². The number of benzene rings is 1. The fourth-order valence-electron chi connectivity index (χ4n) is 9.85. The normalized spacial score (nSPS) is 30.1. The van der Waals surface area contributed by atoms with Crippen molar-refractivity contribution in [3.8, 4) is 5.75 Å². The quantitative estimate of drug-likeness (QED) is 0.0572. The van der Waals surface area contributed by atoms with E-state index in [1.54, 1.807) is 0 Å². The lowest BCUT2D eigenvalue weighted by Gasteiger charge is -2.39. The number of nitrogens with two attached hydrogens (primary N) is 1. The van der Waals surface area contributed by atoms with Crippen LogP contribution >= 0.6 is 0 Å². The Kier molecular flexibility index (Phi) is 23.6. The van der Waals surface area contributed by atoms with Gasteiger partial charge in [0.15, 0.2) is 6.23 Å². The number of aromatic hydroxyl groups is 1. The van der Waals surface area contributed by atoms with Crippen molar-refractivity contribution in [2.24, 2.45) is 11.7 Å². The molecule has 0 radical (unpaired) electrons. The van der Waals surface area contributed by atoms with Gasteiger partial charge in [-0.25, -0.2) is 0 Å². The van der Waals surface area contributed by atoms with Crippen LogP contribution in [0.4, 0.5) is 0 Å². The van der Waals surface area contributed by atoms with Gasteiger partial charge in [0.05, 0.1) is 30.8 Å². The van der Waals surface area contributed by atoms with E-state index in [1.807, 2.05) is 0 Å². The van der Waals surface area contributed by atoms with E-state index in [4.69, 9.17) is 5.73 Å². The Labute approximate surface area is 436 Å². The summed E-state index contributed by atoms with van der Waals surface area (Å²) in [7, 11) is 0. The molecule has 0 bridgehead atoms. The Balaban J connectivity index is 1.76. The molecule has 75 heavy (non-hydrogen) atoms. The molecule has 3 heterocycles. The number of primary amides is 1. The maximum Gasteiger partial charge on any atom is 0.250 e. The summed E-state index contributed by atoms with van der Waals surface area (Å²) in [6.07, 6.45) is -7.54. The SMILES string of the molecule is CCCCCCCCCCCCCC(=O)N[C@H]1C[C@@H](O)[C@@H](O)NC(=O)[C@]2(C)[C@@H](O)[C@@H](C)CN2C(=O)C(C(O)CC(N)=O)NC(=O)[C@H]([C@H](O)[C@@H](O)c2ccc(O)cc2)NC(=O)[C@@H]2C[C@@H](O)CN2C(=O)[C@H]([C@@H](C)O)NC1=O. The van der Waals surface area contributed by atoms with Crippen molar-refractivity contribution in [2.75, 3.05) is 13.1 Å². The van der Waals surface area contributed by atoms with Crippen LogP contribution in [0.1, 0.15) is 136 Å². The summed E-state index contributed by atoms with van der Waals surface area (Å²) in [5, 5.41) is 112. The van der Waals surface area contributed by atoms with E-state index in [-0.39, 0.29) is 17.7 Å². The Bertz CT molecular complexity index is 2120. The maximum absolute atomic E-state index is 14.7. The van der Waals surface area contributed by atoms with Crippen LogP contribution in [-0.4, -0.2) is 195 Å². The van der Waals surface area contributed by atoms with Gasteiger partial charge >= 0.3 is 0 Å². The Morgan fingerprint density at radius 3 is 1.88 bits per heavy atom. The summed E-state index contributed by atoms with van der Waals surface area (Å²) >= 11 is 0. The van der Waals surface area contributed by atoms with Crippen molar-refractivity contribution in [1.29, 1.82) is 0 Å². The first-order valence-corrected chi connectivity index (χ1v) is 26.0. The third-order valence-electron chi connectivity index (χ3n) is 14.4. The fraction of sp³-hybridized carbons (Fsp3) is 0.720. The van der Waals surface area contributed by atoms with Crippen molar-refractivity contribution in [3.05, 3.63) is 29.8 Å². The number of amides is 8. The van der Waals surface area contributed by atoms with E-state index in [0.717, 1.165) is 81.5 Å². The molecule has 0 saturated carbocycles. The highest BCUT2D eigenvalue weighted by atomic mass is 16.3. The summed E-state index contributed by atoms with van der Waals surface area (Å²) < 4.78 is 0. The number of hydrogen-bond acceptors (Lipinski definition) is 17. The minimum atomic E-state index is -2.41. The molecule has 3 saturated heterocycles. The molecule has 16 N–H and O–H groups in total. The zero-order chi connectivity index (χ0) is 55.9. The van der Waals surface area contributed by atoms with Gasteiger partial charge in [0, 0.05) is 38.3 Å². The number of hydrogen-bond donors (Lipinski definition) is 15. The topological polar surface area (TPSA) is 411 Å². The smallest absolute Gasteiger partial charge is 0.250 e. The lowest BCUT2D eigenvalue weighted by Crippen LogP contribution is -2.67. The summed E-state index contributed by atoms with van der Waals surface area (Å²) in [4.78, 5) is 113. The van der Waals surface area contributed by atoms with Gasteiger partial charge in [0.2, 0.25) is 47.3 Å². The van der Waals surface area contributed by atoms with Gasteiger partial charge < -0.3 is 88.1 Å². The highest BCUT2D eigenvalue weighted by Crippen LogP contribution is 2.35. The molecule has 0 aromatic heterocycles. The molecule has 0 aliphatic carbocycles. The second-order valence-electron chi connectivity index (χ2n) is 20.5. The van der Waals surface area contributed by atoms with Gasteiger partial charge in [-0.05, 0) is 38.0 Å². The molecule has 4 rings (SSSR count). The number of carbonyl (C=O) groups excluding carboxylic acids is 8. The van der Waals surface area contributed by atoms with Crippen LogP contribution < -0.4 is 32.3 Å². The van der Waals surface area contributed by atoms with Crippen molar-refractivity contribution in [3.63, 3.8) is 0 Å². The molecule has 25 heteroatoms. The van der Waals surface area contributed by atoms with Crippen LogP contribution in [0, 0.1) is 5.92 Å². The molecule has 3 aliphatic rings. The number of aliphatic hydroxyl groups excluding tert-OH is 8. The summed E-state index contributed by atoms with van der Waals surface area (Å²) in [6, 6.07) is -5.51. The molecule has 15 atom stereocenters. The zero-order valence-electron chi connectivity index (χ0n) is 43.2. The van der Waals surface area contributed by atoms with Crippen LogP contribution in [0.15, 0.2) is 24.3 Å². The molecular formula is C50H80N8O17. The number of phenolic OH excluding ortho intramolecular Hbond substituents is 1. The lowest BCUT2D eigenvalue weighted by atomic mass is 9.89. The lowest BCUT2D eigenvalue weighted by molar-refractivity contribution is -0.155. The van der Waals surface area contributed by atoms with Gasteiger partial charge in [-0.2, -0.15) is 0 Å². The minimum absolute atomic E-state index is 0.0795. The number of rotatable bonds is 20. The van der Waals surface area contributed by atoms with Gasteiger partial charge in [0.1, 0.15) is 59.8 Å². The van der Waals surface area contributed by atoms with Crippen LogP contribution in [0.25, 0.3) is 0 Å². The molecule has 0 spiro atoms. The molecule has 1 aromatic rings. The van der Waals surface area contributed by atoms with Gasteiger partial charge in [-0.1, -0.05) is 90.2 Å². The number of carbonyl (C=O) groups is 8. The molecule has 2 unspecified atom stereocenters. The third kappa shape index (κ3) is 16.5. The standard InChI is InChI=1S/C50H80N8O17/c1-5-6-7-8-9-10-11-12-13-14-15-16-36(65)52-31-22-34(63)45(71)56-49(75)50(4)42(68)26(2)24-58(50)48(74)38(33(62)23-35(51)64)54-46(72)39(41(67)40(66)28-17-19-29(60)20-18-28)55-44(70)32-21-30(61)25-57(32)47(73)37(27(3)59)53-43(31)69/h17-20,26-27,30-34,37-42,45,59-63,66-68,71H,5-16,21-25H2,1-4H3,(H2,51,64)(H,52,65)(H,53,69)(H,54,72)(H,55,70)(H,56,75)/t26-,27+,30+,31-,32-,33?,34+,37-,38?,39-,40-,41-,42-,45+,50-/m0/s1. The third-order valence-corrected chi connectivity index (χ3v) is 14.4. The summed E-state index contributed by atoms with van der Waals surface area (Å²) in [5.74, 6) is -10.9. The molecule has 3 aliphatic heterocycles. The van der Waals surface area contributed by atoms with E-state index in [2.05, 4.69) is 33.5 Å². The van der Waals surface area contributed by atoms with Crippen LogP contribution in [0.5, 0.6) is 5.75 Å². The number of nitrogens with zero attached hydrogens (tertiary/aromatic N) is 2. The highest BCUT2D eigenvalue weighted by Gasteiger charge is 2.58. The predicted molar refractivity (Wildman–Crippen MR) is 266 cm³/mol. The number of unbranched alkanes of at least 4 members (excludes halogenated alkanes) is 10. The Morgan fingerprint density at radius 1 is 0.747 bits per heavy atom. The molecular weight excluding hydrogens is 985 g/mol. The second kappa shape index (κ2) is 28.6. The molecule has 1 aromatic carbocycles. The van der Waals surface area contributed by atoms with Crippen molar-refractivity contribution >= 4 is 47.3 Å². The average molecular weight is 1070 g/mol. The second-order valence-corrected chi connectivity index (χ2v) is 20.5. The van der Waals surface area contributed by atoms with E-state index in [0.29, 0.717) is 17.7 Å². The number of nitrogens with one attached hydrogen (secondary N) is 5. The van der Waals surface area contributed by atoms with Crippen molar-refractivity contribution in [1.82, 2.24) is 36.4 Å². The van der Waals surface area contributed by atoms with E-state index in [9.17, 15) is 84.3 Å². The average Bonchev–Trinajstić information content (AvgIpc) is 3.86. The van der Waals surface area contributed by atoms with E-state index in [1.165, 1.54) is 26.2 Å². The molecule has 25 nitrogen and oxygen atoms in total. The van der Waals surface area contributed by atoms with E-state index >= 15 is 0 Å². The van der Waals surface area contributed by atoms with Crippen LogP contribution in [-0.2, 0) is 38.4 Å². The van der Waals surface area contributed by atoms with Gasteiger partial charge in [0.25, 0.3) is 0 Å². The molecule has 3 fully saturated rings. The Hall–Kier alpha value is -5.54. The monoisotopic (exact) mass is 1060 g/mol. The first-order valence-electron chi connectivity index (χ1n) is 26.0. The first kappa shape index (κ1) is 62.0. The molecule has 422 valence electrons. The largest absolute Gasteiger partial charge is 0.508 e. The predicted octanol–water partition coefficient (Wildman–Crippen LogP) is -3.20. The fourth-order valence-corrected chi connectivity index (χ4v) is 9.85. The highest BCUT2D eigenvalue weighted by molar-refractivity contribution is 5.99. The number of aliphatic hydroxyl groups is 8.